The van der Waals surface area contributed by atoms with E-state index in [2.05, 4.69) is 10.3 Å². The third-order valence-corrected chi connectivity index (χ3v) is 7.33. The first-order chi connectivity index (χ1) is 18.9. The van der Waals surface area contributed by atoms with Crippen LogP contribution in [0, 0.1) is 6.92 Å². The number of carbonyl (C=O) groups is 2. The van der Waals surface area contributed by atoms with Gasteiger partial charge in [-0.05, 0) is 49.2 Å². The van der Waals surface area contributed by atoms with Crippen molar-refractivity contribution in [1.82, 2.24) is 10.3 Å². The number of benzene rings is 2. The third-order valence-electron chi connectivity index (χ3n) is 6.20. The van der Waals surface area contributed by atoms with E-state index < -0.39 is 17.7 Å². The van der Waals surface area contributed by atoms with Crippen LogP contribution in [-0.4, -0.2) is 67.0 Å². The first kappa shape index (κ1) is 28.0. The van der Waals surface area contributed by atoms with Crippen LogP contribution in [-0.2, 0) is 0 Å². The lowest BCUT2D eigenvalue weighted by molar-refractivity contribution is 0.0837. The van der Waals surface area contributed by atoms with Gasteiger partial charge in [-0.15, -0.1) is 11.3 Å². The second-order valence-corrected chi connectivity index (χ2v) is 9.57. The molecular weight excluding hydrogens is 520 g/mol. The summed E-state index contributed by atoms with van der Waals surface area (Å²) in [6, 6.07) is 12.8. The molecule has 0 aliphatic carbocycles. The summed E-state index contributed by atoms with van der Waals surface area (Å²) >= 11 is 1.60. The predicted molar refractivity (Wildman–Crippen MR) is 149 cm³/mol. The number of ether oxygens (including phenoxy) is 3. The maximum Gasteiger partial charge on any atom is 0.252 e. The second-order valence-electron chi connectivity index (χ2n) is 8.69. The molecule has 4 rings (SSSR count). The molecule has 0 saturated carbocycles. The summed E-state index contributed by atoms with van der Waals surface area (Å²) in [6.45, 7) is 1.64. The van der Waals surface area contributed by atoms with Crippen LogP contribution in [0.4, 0.5) is 0 Å². The minimum atomic E-state index is -1.02. The third kappa shape index (κ3) is 6.03. The number of Topliss-reactive ketones (excluding diaryl/α,β-unsaturated/α-hetero) is 1. The van der Waals surface area contributed by atoms with Crippen molar-refractivity contribution in [3.05, 3.63) is 70.7 Å². The van der Waals surface area contributed by atoms with E-state index in [4.69, 9.17) is 19.3 Å². The van der Waals surface area contributed by atoms with E-state index >= 15 is 0 Å². The molecule has 0 unspecified atom stereocenters. The normalized spacial score (nSPS) is 11.7. The molecule has 0 fully saturated rings. The highest BCUT2D eigenvalue weighted by molar-refractivity contribution is 7.18. The number of hydrogen-bond acceptors (Lipinski definition) is 9. The van der Waals surface area contributed by atoms with Gasteiger partial charge < -0.3 is 29.7 Å². The number of aliphatic hydroxyl groups is 2. The number of hydrogen-bond donors (Lipinski definition) is 3. The topological polar surface area (TPSA) is 127 Å². The highest BCUT2D eigenvalue weighted by Crippen LogP contribution is 2.39. The Balaban J connectivity index is 1.63. The zero-order valence-electron chi connectivity index (χ0n) is 21.9. The molecule has 9 nitrogen and oxygen atoms in total. The number of carbonyl (C=O) groups excluding carboxylic acids is 2. The molecule has 4 aromatic rings. The predicted octanol–water partition coefficient (Wildman–Crippen LogP) is 4.02. The largest absolute Gasteiger partial charge is 0.494 e. The summed E-state index contributed by atoms with van der Waals surface area (Å²) in [5.41, 5.74) is 2.90. The van der Waals surface area contributed by atoms with Gasteiger partial charge in [0.15, 0.2) is 11.5 Å². The van der Waals surface area contributed by atoms with Gasteiger partial charge in [0.1, 0.15) is 23.7 Å². The fourth-order valence-electron chi connectivity index (χ4n) is 4.23. The highest BCUT2D eigenvalue weighted by Gasteiger charge is 2.26. The van der Waals surface area contributed by atoms with Crippen molar-refractivity contribution >= 4 is 33.1 Å². The Morgan fingerprint density at radius 2 is 1.77 bits per heavy atom. The van der Waals surface area contributed by atoms with Crippen molar-refractivity contribution in [3.63, 3.8) is 0 Å². The van der Waals surface area contributed by atoms with Crippen molar-refractivity contribution in [2.24, 2.45) is 0 Å². The number of aliphatic hydroxyl groups excluding tert-OH is 2. The van der Waals surface area contributed by atoms with E-state index in [1.165, 1.54) is 19.2 Å². The van der Waals surface area contributed by atoms with Gasteiger partial charge >= 0.3 is 0 Å². The van der Waals surface area contributed by atoms with Crippen molar-refractivity contribution in [1.29, 1.82) is 0 Å². The zero-order chi connectivity index (χ0) is 27.9. The number of ketones is 1. The van der Waals surface area contributed by atoms with Gasteiger partial charge in [-0.25, -0.2) is 4.98 Å². The molecule has 0 aliphatic rings. The van der Waals surface area contributed by atoms with Crippen LogP contribution in [0.25, 0.3) is 21.3 Å². The lowest BCUT2D eigenvalue weighted by Gasteiger charge is -2.18. The first-order valence-electron chi connectivity index (χ1n) is 12.3. The lowest BCUT2D eigenvalue weighted by Crippen LogP contribution is -2.41. The fourth-order valence-corrected chi connectivity index (χ4v) is 5.26. The van der Waals surface area contributed by atoms with Crippen molar-refractivity contribution in [3.8, 4) is 28.5 Å². The maximum absolute atomic E-state index is 13.5. The lowest BCUT2D eigenvalue weighted by atomic mass is 10.0. The quantitative estimate of drug-likeness (QED) is 0.226. The summed E-state index contributed by atoms with van der Waals surface area (Å²) in [7, 11) is 2.98. The van der Waals surface area contributed by atoms with E-state index in [1.54, 1.807) is 36.6 Å². The molecule has 2 heterocycles. The molecule has 0 saturated heterocycles. The van der Waals surface area contributed by atoms with E-state index in [-0.39, 0.29) is 37.5 Å². The van der Waals surface area contributed by atoms with E-state index in [9.17, 15) is 14.7 Å². The summed E-state index contributed by atoms with van der Waals surface area (Å²) in [4.78, 5) is 31.3. The van der Waals surface area contributed by atoms with Crippen molar-refractivity contribution < 1.29 is 34.0 Å². The summed E-state index contributed by atoms with van der Waals surface area (Å²) in [5, 5.41) is 24.4. The standard InChI is InChI=1S/C29H30N2O7S/c1-17-5-4-6-19-20(16-39-28(17)19)26-24(36-2)10-8-21(30-26)27(34)22(11-12-32)31-29(35)18-7-9-23(38-14-13-33)25(15-18)37-3/h4-10,15-16,22,32-33H,11-14H2,1-3H3,(H,31,35)/t22-/m0/s1. The van der Waals surface area contributed by atoms with Crippen LogP contribution in [0.3, 0.4) is 0 Å². The number of amides is 1. The van der Waals surface area contributed by atoms with Gasteiger partial charge in [0.2, 0.25) is 5.78 Å². The molecule has 0 aliphatic heterocycles. The van der Waals surface area contributed by atoms with Crippen LogP contribution in [0.1, 0.15) is 32.8 Å². The number of fused-ring (bicyclic) bond motifs is 1. The number of aromatic nitrogens is 1. The molecule has 1 amide bonds. The summed E-state index contributed by atoms with van der Waals surface area (Å²) in [5.74, 6) is 0.234. The van der Waals surface area contributed by atoms with Gasteiger partial charge in [0.05, 0.1) is 26.9 Å². The molecule has 0 radical (unpaired) electrons. The Kier molecular flexibility index (Phi) is 9.13. The molecule has 2 aromatic carbocycles. The average molecular weight is 551 g/mol. The van der Waals surface area contributed by atoms with Crippen LogP contribution < -0.4 is 19.5 Å². The monoisotopic (exact) mass is 550 g/mol. The number of methoxy groups -OCH3 is 2. The molecule has 204 valence electrons. The van der Waals surface area contributed by atoms with Crippen LogP contribution in [0.5, 0.6) is 17.2 Å². The fraction of sp³-hybridized carbons (Fsp3) is 0.276. The Labute approximate surface area is 230 Å². The van der Waals surface area contributed by atoms with Gasteiger partial charge in [-0.2, -0.15) is 0 Å². The molecule has 1 atom stereocenters. The summed E-state index contributed by atoms with van der Waals surface area (Å²) in [6.07, 6.45) is 0.00300. The van der Waals surface area contributed by atoms with Gasteiger partial charge in [-0.3, -0.25) is 9.59 Å². The van der Waals surface area contributed by atoms with Crippen LogP contribution in [0.15, 0.2) is 53.9 Å². The number of aryl methyl sites for hydroxylation is 1. The molecule has 0 spiro atoms. The Morgan fingerprint density at radius 1 is 1.00 bits per heavy atom. The maximum atomic E-state index is 13.5. The Hall–Kier alpha value is -3.99. The Bertz CT molecular complexity index is 1480. The number of thiophene rings is 1. The van der Waals surface area contributed by atoms with Crippen LogP contribution in [0.2, 0.25) is 0 Å². The molecule has 10 heteroatoms. The average Bonchev–Trinajstić information content (AvgIpc) is 3.40. The Morgan fingerprint density at radius 3 is 2.49 bits per heavy atom. The number of pyridine rings is 1. The molecule has 3 N–H and O–H groups in total. The van der Waals surface area contributed by atoms with Crippen molar-refractivity contribution in [2.75, 3.05) is 34.0 Å². The van der Waals surface area contributed by atoms with Gasteiger partial charge in [0.25, 0.3) is 5.91 Å². The summed E-state index contributed by atoms with van der Waals surface area (Å²) < 4.78 is 17.4. The molecule has 2 aromatic heterocycles. The number of rotatable bonds is 12. The van der Waals surface area contributed by atoms with Gasteiger partial charge in [-0.1, -0.05) is 18.2 Å². The molecule has 39 heavy (non-hydrogen) atoms. The first-order valence-corrected chi connectivity index (χ1v) is 13.2. The second kappa shape index (κ2) is 12.7. The highest BCUT2D eigenvalue weighted by atomic mass is 32.1. The van der Waals surface area contributed by atoms with Crippen LogP contribution >= 0.6 is 11.3 Å². The smallest absolute Gasteiger partial charge is 0.252 e. The molecular formula is C29H30N2O7S. The van der Waals surface area contributed by atoms with E-state index in [0.717, 1.165) is 21.2 Å². The van der Waals surface area contributed by atoms with Crippen molar-refractivity contribution in [2.45, 2.75) is 19.4 Å². The minimum Gasteiger partial charge on any atom is -0.494 e. The zero-order valence-corrected chi connectivity index (χ0v) is 22.7. The van der Waals surface area contributed by atoms with Gasteiger partial charge in [0, 0.05) is 33.2 Å². The number of nitrogens with zero attached hydrogens (tertiary/aromatic N) is 1. The molecule has 0 bridgehead atoms. The number of nitrogens with one attached hydrogen (secondary N) is 1. The van der Waals surface area contributed by atoms with E-state index in [1.807, 2.05) is 30.5 Å². The minimum absolute atomic E-state index is 0.00300. The SMILES string of the molecule is COc1cc(C(=O)N[C@@H](CCO)C(=O)c2ccc(OC)c(-c3csc4c(C)cccc34)n2)ccc1OCCO. The van der Waals surface area contributed by atoms with E-state index in [0.29, 0.717) is 22.9 Å².